The summed E-state index contributed by atoms with van der Waals surface area (Å²) in [5.41, 5.74) is 0. The molecule has 0 aliphatic carbocycles. The van der Waals surface area contributed by atoms with Gasteiger partial charge < -0.3 is 9.84 Å². The van der Waals surface area contributed by atoms with E-state index in [9.17, 15) is 4.79 Å². The molecule has 0 saturated heterocycles. The van der Waals surface area contributed by atoms with E-state index >= 15 is 0 Å². The smallest absolute Gasteiger partial charge is 0.349 e. The zero-order chi connectivity index (χ0) is 13.0. The van der Waals surface area contributed by atoms with Crippen molar-refractivity contribution in [2.24, 2.45) is 0 Å². The number of carboxylic acid groups (broad SMARTS) is 1. The monoisotopic (exact) mass is 282 g/mol. The first-order valence-electron chi connectivity index (χ1n) is 5.72. The fourth-order valence-electron chi connectivity index (χ4n) is 1.59. The zero-order valence-corrected chi connectivity index (χ0v) is 11.6. The molecule has 2 aromatic heterocycles. The summed E-state index contributed by atoms with van der Waals surface area (Å²) in [6.45, 7) is 2.51. The van der Waals surface area contributed by atoms with Crippen LogP contribution in [0.3, 0.4) is 0 Å². The molecule has 1 N–H and O–H groups in total. The van der Waals surface area contributed by atoms with Crippen molar-refractivity contribution in [1.29, 1.82) is 0 Å². The molecule has 2 rings (SSSR count). The van der Waals surface area contributed by atoms with Crippen LogP contribution in [0.15, 0.2) is 23.6 Å². The molecule has 3 nitrogen and oxygen atoms in total. The lowest BCUT2D eigenvalue weighted by Crippen LogP contribution is -1.98. The van der Waals surface area contributed by atoms with Crippen LogP contribution in [-0.2, 0) is 13.0 Å². The normalized spacial score (nSPS) is 10.5. The van der Waals surface area contributed by atoms with Crippen molar-refractivity contribution in [3.05, 3.63) is 38.2 Å². The minimum absolute atomic E-state index is 0.301. The highest BCUT2D eigenvalue weighted by atomic mass is 32.1. The second-order valence-electron chi connectivity index (χ2n) is 3.83. The largest absolute Gasteiger partial charge is 0.486 e. The van der Waals surface area contributed by atoms with Crippen molar-refractivity contribution in [3.63, 3.8) is 0 Å². The number of carboxylic acids is 1. The zero-order valence-electron chi connectivity index (χ0n) is 10.0. The number of aryl methyl sites for hydroxylation is 1. The van der Waals surface area contributed by atoms with Crippen molar-refractivity contribution in [2.75, 3.05) is 0 Å². The van der Waals surface area contributed by atoms with Gasteiger partial charge in [-0.15, -0.1) is 22.7 Å². The SMILES string of the molecule is CCCc1cc(OCc2cccs2)c(C(=O)O)s1. The molecule has 0 aromatic carbocycles. The Hall–Kier alpha value is -1.33. The van der Waals surface area contributed by atoms with Gasteiger partial charge in [-0.1, -0.05) is 19.4 Å². The van der Waals surface area contributed by atoms with E-state index in [4.69, 9.17) is 9.84 Å². The van der Waals surface area contributed by atoms with Gasteiger partial charge in [0.25, 0.3) is 0 Å². The summed E-state index contributed by atoms with van der Waals surface area (Å²) >= 11 is 2.91. The molecule has 0 aliphatic heterocycles. The highest BCUT2D eigenvalue weighted by Crippen LogP contribution is 2.31. The first kappa shape index (κ1) is 13.1. The van der Waals surface area contributed by atoms with Gasteiger partial charge in [-0.05, 0) is 23.9 Å². The van der Waals surface area contributed by atoms with Crippen LogP contribution in [0.1, 0.15) is 32.8 Å². The molecule has 0 atom stereocenters. The van der Waals surface area contributed by atoms with Gasteiger partial charge in [0.1, 0.15) is 12.4 Å². The van der Waals surface area contributed by atoms with Crippen LogP contribution in [0.2, 0.25) is 0 Å². The molecule has 0 radical (unpaired) electrons. The Morgan fingerprint density at radius 1 is 1.44 bits per heavy atom. The second-order valence-corrected chi connectivity index (χ2v) is 6.00. The molecule has 0 fully saturated rings. The molecule has 2 aromatic rings. The Morgan fingerprint density at radius 2 is 2.28 bits per heavy atom. The summed E-state index contributed by atoms with van der Waals surface area (Å²) in [7, 11) is 0. The third-order valence-electron chi connectivity index (χ3n) is 2.39. The molecule has 0 unspecified atom stereocenters. The third kappa shape index (κ3) is 3.11. The van der Waals surface area contributed by atoms with Gasteiger partial charge in [-0.2, -0.15) is 0 Å². The van der Waals surface area contributed by atoms with Crippen LogP contribution in [0.5, 0.6) is 5.75 Å². The molecule has 0 saturated carbocycles. The molecular weight excluding hydrogens is 268 g/mol. The van der Waals surface area contributed by atoms with Crippen molar-refractivity contribution in [2.45, 2.75) is 26.4 Å². The maximum absolute atomic E-state index is 11.1. The standard InChI is InChI=1S/C13H14O3S2/c1-2-4-9-7-11(12(18-9)13(14)15)16-8-10-5-3-6-17-10/h3,5-7H,2,4,8H2,1H3,(H,14,15). The van der Waals surface area contributed by atoms with Crippen molar-refractivity contribution in [3.8, 4) is 5.75 Å². The number of aromatic carboxylic acids is 1. The number of ether oxygens (including phenoxy) is 1. The fourth-order valence-corrected chi connectivity index (χ4v) is 3.25. The molecule has 18 heavy (non-hydrogen) atoms. The molecule has 0 spiro atoms. The second kappa shape index (κ2) is 6.02. The highest BCUT2D eigenvalue weighted by Gasteiger charge is 2.16. The Morgan fingerprint density at radius 3 is 2.89 bits per heavy atom. The Labute approximate surface area is 114 Å². The number of rotatable bonds is 6. The average molecular weight is 282 g/mol. The first-order chi connectivity index (χ1) is 8.70. The Bertz CT molecular complexity index is 514. The lowest BCUT2D eigenvalue weighted by Gasteiger charge is -2.02. The van der Waals surface area contributed by atoms with Gasteiger partial charge in [0.15, 0.2) is 4.88 Å². The molecular formula is C13H14O3S2. The van der Waals surface area contributed by atoms with Crippen LogP contribution >= 0.6 is 22.7 Å². The lowest BCUT2D eigenvalue weighted by molar-refractivity contribution is 0.0697. The molecule has 0 amide bonds. The van der Waals surface area contributed by atoms with E-state index in [1.807, 2.05) is 23.6 Å². The van der Waals surface area contributed by atoms with E-state index in [2.05, 4.69) is 6.92 Å². The molecule has 0 aliphatic rings. The van der Waals surface area contributed by atoms with Gasteiger partial charge in [-0.3, -0.25) is 0 Å². The predicted octanol–water partition coefficient (Wildman–Crippen LogP) is 4.04. The Balaban J connectivity index is 2.12. The van der Waals surface area contributed by atoms with Gasteiger partial charge in [0.05, 0.1) is 0 Å². The van der Waals surface area contributed by atoms with Crippen LogP contribution in [0, 0.1) is 0 Å². The van der Waals surface area contributed by atoms with Gasteiger partial charge >= 0.3 is 5.97 Å². The summed E-state index contributed by atoms with van der Waals surface area (Å²) in [5.74, 6) is -0.423. The maximum Gasteiger partial charge on any atom is 0.349 e. The van der Waals surface area contributed by atoms with Gasteiger partial charge in [-0.25, -0.2) is 4.79 Å². The van der Waals surface area contributed by atoms with Gasteiger partial charge in [0, 0.05) is 9.75 Å². The summed E-state index contributed by atoms with van der Waals surface area (Å²) in [6, 6.07) is 5.78. The van der Waals surface area contributed by atoms with Crippen molar-refractivity contribution < 1.29 is 14.6 Å². The van der Waals surface area contributed by atoms with E-state index in [1.165, 1.54) is 11.3 Å². The molecule has 96 valence electrons. The minimum Gasteiger partial charge on any atom is -0.486 e. The minimum atomic E-state index is -0.913. The van der Waals surface area contributed by atoms with Crippen molar-refractivity contribution >= 4 is 28.6 Å². The van der Waals surface area contributed by atoms with Crippen molar-refractivity contribution in [1.82, 2.24) is 0 Å². The van der Waals surface area contributed by atoms with E-state index in [-0.39, 0.29) is 0 Å². The van der Waals surface area contributed by atoms with E-state index < -0.39 is 5.97 Å². The Kier molecular flexibility index (Phi) is 4.38. The summed E-state index contributed by atoms with van der Waals surface area (Å²) in [6.07, 6.45) is 1.90. The predicted molar refractivity (Wildman–Crippen MR) is 73.9 cm³/mol. The molecule has 0 bridgehead atoms. The number of carbonyl (C=O) groups is 1. The lowest BCUT2D eigenvalue weighted by atomic mass is 10.3. The fraction of sp³-hybridized carbons (Fsp3) is 0.308. The van der Waals surface area contributed by atoms with Crippen LogP contribution < -0.4 is 4.74 Å². The van der Waals surface area contributed by atoms with Crippen LogP contribution in [0.25, 0.3) is 0 Å². The summed E-state index contributed by atoms with van der Waals surface area (Å²) in [5, 5.41) is 11.1. The third-order valence-corrected chi connectivity index (χ3v) is 4.40. The van der Waals surface area contributed by atoms with E-state index in [0.29, 0.717) is 17.2 Å². The maximum atomic E-state index is 11.1. The van der Waals surface area contributed by atoms with Crippen LogP contribution in [-0.4, -0.2) is 11.1 Å². The quantitative estimate of drug-likeness (QED) is 0.869. The molecule has 2 heterocycles. The number of thiophene rings is 2. The topological polar surface area (TPSA) is 46.5 Å². The highest BCUT2D eigenvalue weighted by molar-refractivity contribution is 7.14. The number of hydrogen-bond acceptors (Lipinski definition) is 4. The molecule has 5 heteroatoms. The average Bonchev–Trinajstić information content (AvgIpc) is 2.95. The van der Waals surface area contributed by atoms with Crippen LogP contribution in [0.4, 0.5) is 0 Å². The summed E-state index contributed by atoms with van der Waals surface area (Å²) in [4.78, 5) is 13.6. The van der Waals surface area contributed by atoms with E-state index in [1.54, 1.807) is 11.3 Å². The van der Waals surface area contributed by atoms with E-state index in [0.717, 1.165) is 22.6 Å². The van der Waals surface area contributed by atoms with Gasteiger partial charge in [0.2, 0.25) is 0 Å². The first-order valence-corrected chi connectivity index (χ1v) is 7.41. The number of hydrogen-bond donors (Lipinski definition) is 1. The summed E-state index contributed by atoms with van der Waals surface area (Å²) < 4.78 is 5.61.